The molecule has 0 aromatic rings. The Hall–Kier alpha value is -1.65. The van der Waals surface area contributed by atoms with E-state index >= 15 is 0 Å². The molecule has 1 aliphatic rings. The fourth-order valence-corrected chi connectivity index (χ4v) is 1.48. The predicted octanol–water partition coefficient (Wildman–Crippen LogP) is 0.645. The van der Waals surface area contributed by atoms with Crippen LogP contribution in [0.4, 0.5) is 0 Å². The molecule has 5 nitrogen and oxygen atoms in total. The molecule has 1 heterocycles. The van der Waals surface area contributed by atoms with Crippen molar-refractivity contribution in [3.63, 3.8) is 0 Å². The Morgan fingerprint density at radius 1 is 1.31 bits per heavy atom. The summed E-state index contributed by atoms with van der Waals surface area (Å²) in [6.07, 6.45) is 3.04. The molecular formula is C11H15NO4. The van der Waals surface area contributed by atoms with E-state index in [1.54, 1.807) is 0 Å². The van der Waals surface area contributed by atoms with Crippen molar-refractivity contribution in [2.45, 2.75) is 25.7 Å². The van der Waals surface area contributed by atoms with Gasteiger partial charge in [0.05, 0.1) is 6.61 Å². The van der Waals surface area contributed by atoms with Crippen LogP contribution in [0.3, 0.4) is 0 Å². The Kier molecular flexibility index (Phi) is 4.69. The van der Waals surface area contributed by atoms with Crippen molar-refractivity contribution < 1.29 is 19.1 Å². The molecular weight excluding hydrogens is 210 g/mol. The van der Waals surface area contributed by atoms with Crippen molar-refractivity contribution in [3.05, 3.63) is 12.7 Å². The van der Waals surface area contributed by atoms with Gasteiger partial charge in [-0.2, -0.15) is 0 Å². The Morgan fingerprint density at radius 2 is 1.94 bits per heavy atom. The maximum Gasteiger partial charge on any atom is 0.330 e. The van der Waals surface area contributed by atoms with E-state index in [4.69, 9.17) is 4.74 Å². The van der Waals surface area contributed by atoms with Crippen LogP contribution in [0, 0.1) is 0 Å². The summed E-state index contributed by atoms with van der Waals surface area (Å²) >= 11 is 0. The number of likely N-dealkylation sites (tertiary alicyclic amines) is 1. The van der Waals surface area contributed by atoms with Crippen LogP contribution in [-0.2, 0) is 19.1 Å². The summed E-state index contributed by atoms with van der Waals surface area (Å²) in [6.45, 7) is 3.98. The first kappa shape index (κ1) is 12.4. The number of esters is 1. The van der Waals surface area contributed by atoms with Gasteiger partial charge in [0.2, 0.25) is 11.8 Å². The lowest BCUT2D eigenvalue weighted by Crippen LogP contribution is -2.30. The molecule has 0 unspecified atom stereocenters. The topological polar surface area (TPSA) is 63.7 Å². The first-order chi connectivity index (χ1) is 7.65. The quantitative estimate of drug-likeness (QED) is 0.288. The summed E-state index contributed by atoms with van der Waals surface area (Å²) in [5.74, 6) is -0.658. The van der Waals surface area contributed by atoms with E-state index in [0.717, 1.165) is 6.08 Å². The van der Waals surface area contributed by atoms with Gasteiger partial charge in [0, 0.05) is 25.5 Å². The Labute approximate surface area is 94.1 Å². The molecule has 2 amide bonds. The van der Waals surface area contributed by atoms with E-state index in [0.29, 0.717) is 38.8 Å². The second-order valence-electron chi connectivity index (χ2n) is 3.52. The minimum absolute atomic E-state index is 0.104. The van der Waals surface area contributed by atoms with Crippen LogP contribution in [0.1, 0.15) is 25.7 Å². The molecule has 0 N–H and O–H groups in total. The van der Waals surface area contributed by atoms with Crippen LogP contribution < -0.4 is 0 Å². The number of amides is 2. The number of unbranched alkanes of at least 4 members (excludes halogenated alkanes) is 1. The van der Waals surface area contributed by atoms with Gasteiger partial charge in [0.25, 0.3) is 0 Å². The summed E-state index contributed by atoms with van der Waals surface area (Å²) in [6, 6.07) is 0. The normalized spacial score (nSPS) is 15.4. The third-order valence-electron chi connectivity index (χ3n) is 2.34. The third-order valence-corrected chi connectivity index (χ3v) is 2.34. The molecule has 1 aliphatic heterocycles. The lowest BCUT2D eigenvalue weighted by atomic mass is 10.3. The third kappa shape index (κ3) is 3.49. The van der Waals surface area contributed by atoms with E-state index < -0.39 is 5.97 Å². The lowest BCUT2D eigenvalue weighted by molar-refractivity contribution is -0.140. The Morgan fingerprint density at radius 3 is 2.50 bits per heavy atom. The number of carbonyl (C=O) groups excluding carboxylic acids is 3. The van der Waals surface area contributed by atoms with E-state index in [2.05, 4.69) is 6.58 Å². The van der Waals surface area contributed by atoms with Crippen LogP contribution in [0.15, 0.2) is 12.7 Å². The zero-order valence-corrected chi connectivity index (χ0v) is 9.11. The first-order valence-corrected chi connectivity index (χ1v) is 5.27. The summed E-state index contributed by atoms with van der Waals surface area (Å²) in [7, 11) is 0. The van der Waals surface area contributed by atoms with Crippen molar-refractivity contribution in [3.8, 4) is 0 Å². The summed E-state index contributed by atoms with van der Waals surface area (Å²) in [4.78, 5) is 34.4. The van der Waals surface area contributed by atoms with E-state index in [1.165, 1.54) is 4.90 Å². The van der Waals surface area contributed by atoms with Gasteiger partial charge in [0.15, 0.2) is 0 Å². The van der Waals surface area contributed by atoms with Gasteiger partial charge in [-0.1, -0.05) is 6.58 Å². The second-order valence-corrected chi connectivity index (χ2v) is 3.52. The highest BCUT2D eigenvalue weighted by Crippen LogP contribution is 2.12. The molecule has 0 saturated carbocycles. The first-order valence-electron chi connectivity index (χ1n) is 5.27. The van der Waals surface area contributed by atoms with Crippen LogP contribution in [0.25, 0.3) is 0 Å². The zero-order valence-electron chi connectivity index (χ0n) is 9.11. The molecule has 1 saturated heterocycles. The minimum Gasteiger partial charge on any atom is -0.463 e. The molecule has 88 valence electrons. The van der Waals surface area contributed by atoms with Crippen LogP contribution in [0.2, 0.25) is 0 Å². The molecule has 0 aliphatic carbocycles. The smallest absolute Gasteiger partial charge is 0.330 e. The monoisotopic (exact) mass is 225 g/mol. The molecule has 0 bridgehead atoms. The number of nitrogens with zero attached hydrogens (tertiary/aromatic N) is 1. The summed E-state index contributed by atoms with van der Waals surface area (Å²) in [5, 5.41) is 0. The van der Waals surface area contributed by atoms with Gasteiger partial charge in [-0.3, -0.25) is 14.5 Å². The number of ether oxygens (including phenoxy) is 1. The molecule has 0 aromatic heterocycles. The predicted molar refractivity (Wildman–Crippen MR) is 56.3 cm³/mol. The molecule has 16 heavy (non-hydrogen) atoms. The molecule has 0 spiro atoms. The highest BCUT2D eigenvalue weighted by Gasteiger charge is 2.27. The van der Waals surface area contributed by atoms with Crippen molar-refractivity contribution in [1.29, 1.82) is 0 Å². The van der Waals surface area contributed by atoms with Gasteiger partial charge in [-0.25, -0.2) is 4.79 Å². The molecule has 5 heteroatoms. The fourth-order valence-electron chi connectivity index (χ4n) is 1.48. The molecule has 0 radical (unpaired) electrons. The highest BCUT2D eigenvalue weighted by atomic mass is 16.5. The van der Waals surface area contributed by atoms with Gasteiger partial charge in [0.1, 0.15) is 0 Å². The van der Waals surface area contributed by atoms with Crippen molar-refractivity contribution in [2.24, 2.45) is 0 Å². The van der Waals surface area contributed by atoms with Gasteiger partial charge in [-0.05, 0) is 12.8 Å². The average Bonchev–Trinajstić information content (AvgIpc) is 2.59. The number of imide groups is 1. The van der Waals surface area contributed by atoms with Crippen LogP contribution in [0.5, 0.6) is 0 Å². The molecule has 1 fully saturated rings. The molecule has 0 atom stereocenters. The Bertz CT molecular complexity index is 295. The SMILES string of the molecule is C=CC(=O)OCCCCN1C(=O)CCC1=O. The molecule has 0 aromatic carbocycles. The van der Waals surface area contributed by atoms with Crippen molar-refractivity contribution in [1.82, 2.24) is 4.90 Å². The zero-order chi connectivity index (χ0) is 12.0. The van der Waals surface area contributed by atoms with E-state index in [-0.39, 0.29) is 11.8 Å². The van der Waals surface area contributed by atoms with Crippen molar-refractivity contribution >= 4 is 17.8 Å². The largest absolute Gasteiger partial charge is 0.463 e. The fraction of sp³-hybridized carbons (Fsp3) is 0.545. The maximum atomic E-state index is 11.2. The second kappa shape index (κ2) is 6.05. The summed E-state index contributed by atoms with van der Waals surface area (Å²) in [5.41, 5.74) is 0. The number of hydrogen-bond donors (Lipinski definition) is 0. The van der Waals surface area contributed by atoms with Crippen molar-refractivity contribution in [2.75, 3.05) is 13.2 Å². The Balaban J connectivity index is 2.11. The van der Waals surface area contributed by atoms with Crippen LogP contribution >= 0.6 is 0 Å². The number of carbonyl (C=O) groups is 3. The van der Waals surface area contributed by atoms with Gasteiger partial charge < -0.3 is 4.74 Å². The highest BCUT2D eigenvalue weighted by molar-refractivity contribution is 6.01. The lowest BCUT2D eigenvalue weighted by Gasteiger charge is -2.12. The average molecular weight is 225 g/mol. The molecule has 1 rings (SSSR count). The minimum atomic E-state index is -0.451. The van der Waals surface area contributed by atoms with Gasteiger partial charge >= 0.3 is 5.97 Å². The van der Waals surface area contributed by atoms with Gasteiger partial charge in [-0.15, -0.1) is 0 Å². The van der Waals surface area contributed by atoms with Crippen LogP contribution in [-0.4, -0.2) is 35.8 Å². The number of rotatable bonds is 6. The maximum absolute atomic E-state index is 11.2. The van der Waals surface area contributed by atoms with E-state index in [1.807, 2.05) is 0 Å². The van der Waals surface area contributed by atoms with E-state index in [9.17, 15) is 14.4 Å². The summed E-state index contributed by atoms with van der Waals surface area (Å²) < 4.78 is 4.76. The number of hydrogen-bond acceptors (Lipinski definition) is 4. The standard InChI is InChI=1S/C11H15NO4/c1-2-11(15)16-8-4-3-7-12-9(13)5-6-10(12)14/h2H,1,3-8H2.